The predicted octanol–water partition coefficient (Wildman–Crippen LogP) is -3.72. The minimum absolute atomic E-state index is 0. The van der Waals surface area contributed by atoms with Crippen LogP contribution in [0.2, 0.25) is 0 Å². The van der Waals surface area contributed by atoms with Gasteiger partial charge in [-0.3, -0.25) is 0 Å². The van der Waals surface area contributed by atoms with Crippen LogP contribution in [-0.2, 0) is 13.8 Å². The Morgan fingerprint density at radius 3 is 2.46 bits per heavy atom. The predicted molar refractivity (Wildman–Crippen MR) is 92.5 cm³/mol. The minimum atomic E-state index is -5.22. The van der Waals surface area contributed by atoms with Gasteiger partial charge in [-0.1, -0.05) is 38.3 Å². The third-order valence-electron chi connectivity index (χ3n) is 3.72. The fraction of sp³-hybridized carbons (Fsp3) is 0.588. The molecule has 0 saturated heterocycles. The molecule has 2 atom stereocenters. The number of alkyl carbamates (subject to hydrolysis) is 1. The summed E-state index contributed by atoms with van der Waals surface area (Å²) in [6, 6.07) is 5.76. The van der Waals surface area contributed by atoms with Gasteiger partial charge in [0.1, 0.15) is 5.75 Å². The zero-order valence-electron chi connectivity index (χ0n) is 17.3. The number of amides is 1. The maximum absolute atomic E-state index is 12.0. The van der Waals surface area contributed by atoms with Gasteiger partial charge in [-0.2, -0.15) is 0 Å². The molecule has 0 fully saturated rings. The number of hydrogen-bond acceptors (Lipinski definition) is 7. The summed E-state index contributed by atoms with van der Waals surface area (Å²) in [5.74, 6) is 0.516. The van der Waals surface area contributed by atoms with E-state index in [1.807, 2.05) is 0 Å². The number of benzene rings is 1. The van der Waals surface area contributed by atoms with Gasteiger partial charge in [0, 0.05) is 0 Å². The Morgan fingerprint density at radius 1 is 1.21 bits per heavy atom. The molecule has 1 aromatic rings. The summed E-state index contributed by atoms with van der Waals surface area (Å²) in [6.45, 7) is 3.72. The molecule has 0 bridgehead atoms. The second-order valence-corrected chi connectivity index (χ2v) is 6.96. The summed E-state index contributed by atoms with van der Waals surface area (Å²) in [4.78, 5) is 33.9. The van der Waals surface area contributed by atoms with E-state index in [9.17, 15) is 19.1 Å². The van der Waals surface area contributed by atoms with Crippen LogP contribution in [0.4, 0.5) is 4.79 Å². The van der Waals surface area contributed by atoms with Crippen molar-refractivity contribution < 1.29 is 92.3 Å². The van der Waals surface area contributed by atoms with E-state index in [1.54, 1.807) is 24.3 Å². The number of rotatable bonds is 11. The van der Waals surface area contributed by atoms with E-state index in [0.29, 0.717) is 11.3 Å². The van der Waals surface area contributed by atoms with Crippen molar-refractivity contribution in [1.29, 1.82) is 0 Å². The second kappa shape index (κ2) is 16.1. The molecule has 0 aliphatic carbocycles. The Morgan fingerprint density at radius 2 is 1.89 bits per heavy atom. The molecule has 8 nitrogen and oxygen atoms in total. The zero-order valence-corrected chi connectivity index (χ0v) is 22.2. The summed E-state index contributed by atoms with van der Waals surface area (Å²) in [5, 5.41) is 2.56. The Balaban J connectivity index is 0. The summed E-state index contributed by atoms with van der Waals surface area (Å²) in [7, 11) is -3.73. The molecule has 11 heteroatoms. The first-order chi connectivity index (χ1) is 12.3. The molecule has 28 heavy (non-hydrogen) atoms. The molecule has 1 amide bonds. The van der Waals surface area contributed by atoms with E-state index < -0.39 is 26.1 Å². The SMILES string of the molecule is CCCCCCOC(=O)N[C@H](c1cccc(OC)c1)[C@H](C)OP(=O)([O-])[O-].[Na+].[Na+]. The molecular weight excluding hydrogens is 407 g/mol. The molecule has 1 rings (SSSR count). The van der Waals surface area contributed by atoms with Crippen molar-refractivity contribution in [2.45, 2.75) is 51.7 Å². The van der Waals surface area contributed by atoms with Crippen LogP contribution in [0.25, 0.3) is 0 Å². The number of unbranched alkanes of at least 4 members (excludes halogenated alkanes) is 3. The fourth-order valence-corrected chi connectivity index (χ4v) is 2.96. The van der Waals surface area contributed by atoms with Gasteiger partial charge in [0.2, 0.25) is 0 Å². The van der Waals surface area contributed by atoms with E-state index in [1.165, 1.54) is 14.0 Å². The summed E-state index contributed by atoms with van der Waals surface area (Å²) in [5.41, 5.74) is 0.522. The van der Waals surface area contributed by atoms with Crippen molar-refractivity contribution in [2.24, 2.45) is 0 Å². The van der Waals surface area contributed by atoms with Crippen LogP contribution in [0, 0.1) is 0 Å². The van der Waals surface area contributed by atoms with Gasteiger partial charge < -0.3 is 33.7 Å². The standard InChI is InChI=1S/C17H28NO7P.2Na/c1-4-5-6-7-11-24-17(19)18-16(13(2)25-26(20,21)22)14-9-8-10-15(12-14)23-3;;/h8-10,12-13,16H,4-7,11H2,1-3H3,(H,18,19)(H2,20,21,22);;/q;2*+1/p-2/t13-,16-;;/m0../s1. The summed E-state index contributed by atoms with van der Waals surface area (Å²) >= 11 is 0. The molecule has 0 aliphatic heterocycles. The second-order valence-electron chi connectivity index (χ2n) is 5.85. The first-order valence-corrected chi connectivity index (χ1v) is 10.0. The van der Waals surface area contributed by atoms with Crippen molar-refractivity contribution >= 4 is 13.9 Å². The molecule has 0 aliphatic rings. The van der Waals surface area contributed by atoms with Gasteiger partial charge in [0.15, 0.2) is 0 Å². The van der Waals surface area contributed by atoms with E-state index in [-0.39, 0.29) is 65.7 Å². The summed E-state index contributed by atoms with van der Waals surface area (Å²) in [6.07, 6.45) is 2.01. The summed E-state index contributed by atoms with van der Waals surface area (Å²) < 4.78 is 25.7. The van der Waals surface area contributed by atoms with E-state index in [4.69, 9.17) is 9.47 Å². The molecule has 0 aromatic heterocycles. The van der Waals surface area contributed by atoms with Crippen LogP contribution >= 0.6 is 7.82 Å². The molecule has 0 heterocycles. The molecule has 0 saturated carbocycles. The molecule has 0 spiro atoms. The van der Waals surface area contributed by atoms with E-state index >= 15 is 0 Å². The Labute approximate surface area is 210 Å². The zero-order chi connectivity index (χ0) is 19.6. The van der Waals surface area contributed by atoms with Gasteiger partial charge in [0.25, 0.3) is 0 Å². The number of ether oxygens (including phenoxy) is 2. The average molecular weight is 433 g/mol. The molecule has 148 valence electrons. The van der Waals surface area contributed by atoms with Crippen LogP contribution in [-0.4, -0.2) is 25.9 Å². The van der Waals surface area contributed by atoms with Gasteiger partial charge in [-0.25, -0.2) is 4.79 Å². The monoisotopic (exact) mass is 433 g/mol. The fourth-order valence-electron chi connectivity index (χ4n) is 2.43. The molecule has 0 radical (unpaired) electrons. The number of nitrogens with one attached hydrogen (secondary N) is 1. The minimum Gasteiger partial charge on any atom is -0.790 e. The van der Waals surface area contributed by atoms with Crippen LogP contribution in [0.3, 0.4) is 0 Å². The van der Waals surface area contributed by atoms with Crippen LogP contribution in [0.15, 0.2) is 24.3 Å². The largest absolute Gasteiger partial charge is 1.00 e. The van der Waals surface area contributed by atoms with Gasteiger partial charge in [-0.15, -0.1) is 0 Å². The molecule has 1 N–H and O–H groups in total. The third kappa shape index (κ3) is 12.9. The molecular formula is C17H26NNa2O7P. The van der Waals surface area contributed by atoms with Crippen molar-refractivity contribution in [1.82, 2.24) is 5.32 Å². The van der Waals surface area contributed by atoms with E-state index in [2.05, 4.69) is 16.8 Å². The van der Waals surface area contributed by atoms with Crippen LogP contribution < -0.4 is 79.0 Å². The Hall–Kier alpha value is 0.400. The maximum atomic E-state index is 12.0. The molecule has 1 aromatic carbocycles. The first kappa shape index (κ1) is 30.6. The van der Waals surface area contributed by atoms with Gasteiger partial charge >= 0.3 is 65.2 Å². The number of phosphoric acid groups is 1. The normalized spacial score (nSPS) is 12.8. The number of methoxy groups -OCH3 is 1. The van der Waals surface area contributed by atoms with Crippen LogP contribution in [0.5, 0.6) is 5.75 Å². The smallest absolute Gasteiger partial charge is 0.790 e. The molecule has 0 unspecified atom stereocenters. The number of carbonyl (C=O) groups excluding carboxylic acids is 1. The van der Waals surface area contributed by atoms with E-state index in [0.717, 1.165) is 25.7 Å². The van der Waals surface area contributed by atoms with Gasteiger partial charge in [-0.05, 0) is 31.0 Å². The average Bonchev–Trinajstić information content (AvgIpc) is 2.58. The third-order valence-corrected chi connectivity index (χ3v) is 4.31. The van der Waals surface area contributed by atoms with Crippen LogP contribution in [0.1, 0.15) is 51.1 Å². The number of phosphoric ester groups is 1. The van der Waals surface area contributed by atoms with Crippen molar-refractivity contribution in [3.05, 3.63) is 29.8 Å². The number of carbonyl (C=O) groups is 1. The topological polar surface area (TPSA) is 120 Å². The quantitative estimate of drug-likeness (QED) is 0.217. The Bertz CT molecular complexity index is 615. The Kier molecular flexibility index (Phi) is 17.6. The van der Waals surface area contributed by atoms with Gasteiger partial charge in [0.05, 0.1) is 33.7 Å². The van der Waals surface area contributed by atoms with Crippen molar-refractivity contribution in [3.63, 3.8) is 0 Å². The van der Waals surface area contributed by atoms with Crippen molar-refractivity contribution in [2.75, 3.05) is 13.7 Å². The first-order valence-electron chi connectivity index (χ1n) is 8.54. The van der Waals surface area contributed by atoms with Crippen molar-refractivity contribution in [3.8, 4) is 5.75 Å². The maximum Gasteiger partial charge on any atom is 1.00 e. The number of hydrogen-bond donors (Lipinski definition) is 1.